The normalized spacial score (nSPS) is 28.5. The summed E-state index contributed by atoms with van der Waals surface area (Å²) in [6, 6.07) is 20.9. The third-order valence-corrected chi connectivity index (χ3v) is 11.0. The first-order chi connectivity index (χ1) is 14.1. The molecule has 2 saturated heterocycles. The van der Waals surface area contributed by atoms with Crippen LogP contribution in [0.2, 0.25) is 5.04 Å². The van der Waals surface area contributed by atoms with Gasteiger partial charge in [0.05, 0.1) is 6.61 Å². The standard InChI is InChI=1S/C24H32O5Si/c1-23(2,3)30(17-12-8-6-9-13-17,18-14-10-7-11-15-18)26-16-19-20(25)21-22(27-19)29-24(4,5)28-21/h6-15,19-22,25H,16H2,1-5H3/t19-,20?,21+,22+/m1/s1. The summed E-state index contributed by atoms with van der Waals surface area (Å²) in [6.07, 6.45) is -2.36. The molecule has 0 radical (unpaired) electrons. The zero-order valence-corrected chi connectivity index (χ0v) is 19.4. The fraction of sp³-hybridized carbons (Fsp3) is 0.500. The van der Waals surface area contributed by atoms with Crippen molar-refractivity contribution >= 4 is 18.7 Å². The van der Waals surface area contributed by atoms with Crippen LogP contribution >= 0.6 is 0 Å². The van der Waals surface area contributed by atoms with Crippen LogP contribution in [0.3, 0.4) is 0 Å². The Bertz CT molecular complexity index is 809. The Morgan fingerprint density at radius 3 is 1.93 bits per heavy atom. The minimum Gasteiger partial charge on any atom is -0.405 e. The van der Waals surface area contributed by atoms with E-state index >= 15 is 0 Å². The van der Waals surface area contributed by atoms with Crippen LogP contribution in [0.4, 0.5) is 0 Å². The molecule has 0 saturated carbocycles. The van der Waals surface area contributed by atoms with E-state index in [1.54, 1.807) is 0 Å². The van der Waals surface area contributed by atoms with Gasteiger partial charge in [-0.1, -0.05) is 81.4 Å². The van der Waals surface area contributed by atoms with E-state index in [0.717, 1.165) is 0 Å². The maximum atomic E-state index is 10.8. The van der Waals surface area contributed by atoms with Gasteiger partial charge in [0.1, 0.15) is 18.3 Å². The minimum absolute atomic E-state index is 0.135. The quantitative estimate of drug-likeness (QED) is 0.742. The van der Waals surface area contributed by atoms with E-state index in [1.807, 2.05) is 26.0 Å². The van der Waals surface area contributed by atoms with Gasteiger partial charge in [-0.15, -0.1) is 0 Å². The molecule has 2 aromatic rings. The molecule has 162 valence electrons. The summed E-state index contributed by atoms with van der Waals surface area (Å²) in [7, 11) is -2.68. The number of rotatable bonds is 5. The van der Waals surface area contributed by atoms with E-state index < -0.39 is 38.7 Å². The molecular formula is C24H32O5Si. The summed E-state index contributed by atoms with van der Waals surface area (Å²) < 4.78 is 24.5. The molecule has 4 rings (SSSR count). The summed E-state index contributed by atoms with van der Waals surface area (Å²) >= 11 is 0. The molecule has 2 aliphatic heterocycles. The molecule has 2 fully saturated rings. The smallest absolute Gasteiger partial charge is 0.261 e. The zero-order valence-electron chi connectivity index (χ0n) is 18.4. The van der Waals surface area contributed by atoms with Crippen molar-refractivity contribution in [1.29, 1.82) is 0 Å². The van der Waals surface area contributed by atoms with Gasteiger partial charge >= 0.3 is 0 Å². The molecule has 2 aromatic carbocycles. The lowest BCUT2D eigenvalue weighted by Crippen LogP contribution is -2.67. The van der Waals surface area contributed by atoms with Gasteiger partial charge in [0, 0.05) is 0 Å². The lowest BCUT2D eigenvalue weighted by atomic mass is 10.1. The number of aliphatic hydroxyl groups is 1. The van der Waals surface area contributed by atoms with Crippen LogP contribution in [-0.2, 0) is 18.6 Å². The van der Waals surface area contributed by atoms with Crippen molar-refractivity contribution in [2.45, 2.75) is 70.0 Å². The van der Waals surface area contributed by atoms with Gasteiger partial charge in [-0.05, 0) is 29.3 Å². The third kappa shape index (κ3) is 3.77. The van der Waals surface area contributed by atoms with Crippen molar-refractivity contribution < 1.29 is 23.7 Å². The molecule has 5 nitrogen and oxygen atoms in total. The second-order valence-corrected chi connectivity index (χ2v) is 13.9. The van der Waals surface area contributed by atoms with E-state index in [1.165, 1.54) is 10.4 Å². The monoisotopic (exact) mass is 428 g/mol. The molecule has 6 heteroatoms. The van der Waals surface area contributed by atoms with Gasteiger partial charge in [-0.3, -0.25) is 0 Å². The molecule has 30 heavy (non-hydrogen) atoms. The Morgan fingerprint density at radius 1 is 0.933 bits per heavy atom. The minimum atomic E-state index is -2.68. The molecule has 4 atom stereocenters. The lowest BCUT2D eigenvalue weighted by Gasteiger charge is -2.43. The fourth-order valence-electron chi connectivity index (χ4n) is 4.66. The Hall–Kier alpha value is -1.54. The predicted octanol–water partition coefficient (Wildman–Crippen LogP) is 2.80. The topological polar surface area (TPSA) is 57.2 Å². The number of hydrogen-bond acceptors (Lipinski definition) is 5. The number of benzene rings is 2. The Balaban J connectivity index is 1.65. The number of hydrogen-bond donors (Lipinski definition) is 1. The van der Waals surface area contributed by atoms with Gasteiger partial charge in [0.25, 0.3) is 8.32 Å². The third-order valence-electron chi connectivity index (χ3n) is 6.00. The summed E-state index contributed by atoms with van der Waals surface area (Å²) in [5.74, 6) is -0.750. The van der Waals surface area contributed by atoms with Gasteiger partial charge in [-0.25, -0.2) is 0 Å². The highest BCUT2D eigenvalue weighted by molar-refractivity contribution is 6.99. The zero-order chi connectivity index (χ0) is 21.6. The number of fused-ring (bicyclic) bond motifs is 1. The highest BCUT2D eigenvalue weighted by Crippen LogP contribution is 2.40. The lowest BCUT2D eigenvalue weighted by molar-refractivity contribution is -0.217. The second-order valence-electron chi connectivity index (χ2n) is 9.61. The fourth-order valence-corrected chi connectivity index (χ4v) is 9.23. The van der Waals surface area contributed by atoms with Crippen molar-refractivity contribution in [3.63, 3.8) is 0 Å². The van der Waals surface area contributed by atoms with E-state index in [0.29, 0.717) is 0 Å². The average molecular weight is 429 g/mol. The first-order valence-corrected chi connectivity index (χ1v) is 12.5. The van der Waals surface area contributed by atoms with Crippen LogP contribution in [-0.4, -0.2) is 50.4 Å². The van der Waals surface area contributed by atoms with E-state index in [9.17, 15) is 5.11 Å². The SMILES string of the molecule is CC1(C)O[C@@H]2O[C@H](CO[Si](c3ccccc3)(c3ccccc3)C(C)(C)C)C(O)[C@@H]2O1. The van der Waals surface area contributed by atoms with Gasteiger partial charge in [0.2, 0.25) is 0 Å². The molecule has 0 aliphatic carbocycles. The summed E-state index contributed by atoms with van der Waals surface area (Å²) in [5, 5.41) is 13.1. The molecule has 0 spiro atoms. The first kappa shape index (κ1) is 21.7. The highest BCUT2D eigenvalue weighted by atomic mass is 28.4. The van der Waals surface area contributed by atoms with Crippen LogP contribution in [0.25, 0.3) is 0 Å². The number of ether oxygens (including phenoxy) is 3. The Morgan fingerprint density at radius 2 is 1.47 bits per heavy atom. The van der Waals surface area contributed by atoms with Gasteiger partial charge in [0.15, 0.2) is 12.1 Å². The van der Waals surface area contributed by atoms with Crippen LogP contribution in [0.5, 0.6) is 0 Å². The molecule has 2 heterocycles. The molecule has 1 N–H and O–H groups in total. The molecule has 0 amide bonds. The van der Waals surface area contributed by atoms with Crippen molar-refractivity contribution in [3.8, 4) is 0 Å². The molecule has 0 bridgehead atoms. The average Bonchev–Trinajstić information content (AvgIpc) is 3.15. The molecule has 0 aromatic heterocycles. The Labute approximate surface area is 180 Å². The van der Waals surface area contributed by atoms with Gasteiger partial charge < -0.3 is 23.7 Å². The number of aliphatic hydroxyl groups excluding tert-OH is 1. The van der Waals surface area contributed by atoms with Crippen LogP contribution in [0, 0.1) is 0 Å². The van der Waals surface area contributed by atoms with Crippen LogP contribution < -0.4 is 10.4 Å². The van der Waals surface area contributed by atoms with Crippen molar-refractivity contribution in [2.24, 2.45) is 0 Å². The van der Waals surface area contributed by atoms with E-state index in [-0.39, 0.29) is 11.6 Å². The predicted molar refractivity (Wildman–Crippen MR) is 118 cm³/mol. The molecule has 1 unspecified atom stereocenters. The second kappa shape index (κ2) is 7.86. The van der Waals surface area contributed by atoms with Crippen molar-refractivity contribution in [2.75, 3.05) is 6.61 Å². The highest BCUT2D eigenvalue weighted by Gasteiger charge is 2.56. The summed E-state index contributed by atoms with van der Waals surface area (Å²) in [4.78, 5) is 0. The van der Waals surface area contributed by atoms with Crippen molar-refractivity contribution in [3.05, 3.63) is 60.7 Å². The van der Waals surface area contributed by atoms with Crippen LogP contribution in [0.15, 0.2) is 60.7 Å². The van der Waals surface area contributed by atoms with E-state index in [2.05, 4.69) is 69.3 Å². The molecular weight excluding hydrogens is 396 g/mol. The summed E-state index contributed by atoms with van der Waals surface area (Å²) in [6.45, 7) is 10.6. The van der Waals surface area contributed by atoms with Crippen LogP contribution in [0.1, 0.15) is 34.6 Å². The summed E-state index contributed by atoms with van der Waals surface area (Å²) in [5.41, 5.74) is 0. The molecule has 2 aliphatic rings. The maximum absolute atomic E-state index is 10.8. The largest absolute Gasteiger partial charge is 0.405 e. The Kier molecular flexibility index (Phi) is 5.68. The van der Waals surface area contributed by atoms with Gasteiger partial charge in [-0.2, -0.15) is 0 Å². The first-order valence-electron chi connectivity index (χ1n) is 10.6. The maximum Gasteiger partial charge on any atom is 0.261 e. The van der Waals surface area contributed by atoms with Crippen molar-refractivity contribution in [1.82, 2.24) is 0 Å². The van der Waals surface area contributed by atoms with E-state index in [4.69, 9.17) is 18.6 Å².